The van der Waals surface area contributed by atoms with Gasteiger partial charge in [-0.3, -0.25) is 14.3 Å². The van der Waals surface area contributed by atoms with Gasteiger partial charge in [-0.25, -0.2) is 18.9 Å². The normalized spacial score (nSPS) is 11.8. The monoisotopic (exact) mass is 542 g/mol. The van der Waals surface area contributed by atoms with Gasteiger partial charge in [0.1, 0.15) is 5.52 Å². The Hall–Kier alpha value is -5.08. The molecule has 0 aliphatic heterocycles. The third-order valence-corrected chi connectivity index (χ3v) is 5.56. The Bertz CT molecular complexity index is 1740. The number of hydrogen-bond acceptors (Lipinski definition) is 7. The van der Waals surface area contributed by atoms with Gasteiger partial charge in [-0.2, -0.15) is 23.4 Å². The molecule has 0 spiro atoms. The summed E-state index contributed by atoms with van der Waals surface area (Å²) in [6.45, 7) is 3.56. The van der Waals surface area contributed by atoms with E-state index in [4.69, 9.17) is 4.74 Å². The van der Waals surface area contributed by atoms with E-state index in [2.05, 4.69) is 30.6 Å². The molecule has 5 rings (SSSR count). The van der Waals surface area contributed by atoms with Gasteiger partial charge < -0.3 is 10.1 Å². The molecule has 1 amide bonds. The fraction of sp³-hybridized carbons (Fsp3) is 0.167. The van der Waals surface area contributed by atoms with Crippen molar-refractivity contribution in [1.82, 2.24) is 34.5 Å². The Morgan fingerprint density at radius 3 is 2.59 bits per heavy atom. The van der Waals surface area contributed by atoms with E-state index in [1.54, 1.807) is 13.8 Å². The second-order valence-electron chi connectivity index (χ2n) is 8.50. The summed E-state index contributed by atoms with van der Waals surface area (Å²) in [6.07, 6.45) is -1.58. The highest BCUT2D eigenvalue weighted by Crippen LogP contribution is 2.35. The van der Waals surface area contributed by atoms with Crippen LogP contribution in [0.2, 0.25) is 0 Å². The van der Waals surface area contributed by atoms with E-state index in [9.17, 15) is 27.2 Å². The molecule has 15 heteroatoms. The average Bonchev–Trinajstić information content (AvgIpc) is 3.48. The highest BCUT2D eigenvalue weighted by atomic mass is 19.4. The van der Waals surface area contributed by atoms with Crippen molar-refractivity contribution >= 4 is 22.8 Å². The third kappa shape index (κ3) is 4.81. The van der Waals surface area contributed by atoms with E-state index in [0.29, 0.717) is 10.2 Å². The number of ether oxygens (including phenoxy) is 1. The van der Waals surface area contributed by atoms with Crippen molar-refractivity contribution in [3.05, 3.63) is 82.5 Å². The number of benzene rings is 1. The number of hydrogen-bond donors (Lipinski definition) is 2. The topological polar surface area (TPSA) is 133 Å². The van der Waals surface area contributed by atoms with Gasteiger partial charge in [-0.15, -0.1) is 5.10 Å². The molecule has 0 unspecified atom stereocenters. The van der Waals surface area contributed by atoms with Gasteiger partial charge in [0.25, 0.3) is 5.91 Å². The zero-order valence-electron chi connectivity index (χ0n) is 20.2. The van der Waals surface area contributed by atoms with Gasteiger partial charge in [0, 0.05) is 36.3 Å². The summed E-state index contributed by atoms with van der Waals surface area (Å²) in [5, 5.41) is 13.0. The van der Waals surface area contributed by atoms with Crippen molar-refractivity contribution in [2.24, 2.45) is 0 Å². The number of halogens is 4. The Kier molecular flexibility index (Phi) is 6.33. The molecule has 0 aliphatic carbocycles. The van der Waals surface area contributed by atoms with Crippen LogP contribution in [0.4, 0.5) is 23.2 Å². The van der Waals surface area contributed by atoms with E-state index < -0.39 is 34.8 Å². The molecule has 0 bridgehead atoms. The van der Waals surface area contributed by atoms with Crippen LogP contribution in [0.15, 0.2) is 59.8 Å². The van der Waals surface area contributed by atoms with Crippen LogP contribution in [0.1, 0.15) is 35.9 Å². The van der Waals surface area contributed by atoms with Crippen molar-refractivity contribution in [1.29, 1.82) is 0 Å². The molecule has 0 radical (unpaired) electrons. The zero-order valence-corrected chi connectivity index (χ0v) is 20.2. The molecule has 2 N–H and O–H groups in total. The fourth-order valence-corrected chi connectivity index (χ4v) is 3.94. The quantitative estimate of drug-likeness (QED) is 0.302. The van der Waals surface area contributed by atoms with Crippen molar-refractivity contribution in [3.63, 3.8) is 0 Å². The third-order valence-electron chi connectivity index (χ3n) is 5.56. The number of H-pyrrole nitrogens is 1. The number of carbonyl (C=O) groups is 1. The number of nitrogens with zero attached hydrogens (tertiary/aromatic N) is 6. The number of rotatable bonds is 6. The molecule has 11 nitrogen and oxygen atoms in total. The number of aromatic nitrogens is 7. The Morgan fingerprint density at radius 2 is 1.92 bits per heavy atom. The van der Waals surface area contributed by atoms with E-state index in [0.717, 1.165) is 12.3 Å². The summed E-state index contributed by atoms with van der Waals surface area (Å²) in [7, 11) is 0. The molecule has 0 aliphatic rings. The first-order valence-electron chi connectivity index (χ1n) is 11.4. The molecule has 5 aromatic rings. The first-order chi connectivity index (χ1) is 18.5. The number of aromatic amines is 1. The van der Waals surface area contributed by atoms with Crippen LogP contribution < -0.4 is 15.7 Å². The summed E-state index contributed by atoms with van der Waals surface area (Å²) in [6, 6.07) is 7.15. The van der Waals surface area contributed by atoms with Gasteiger partial charge in [0.05, 0.1) is 11.8 Å². The standard InChI is InChI=1S/C24H18F4N8O3/c1-12(2)35-19-17(7-9-29-21(19)33-23(35)38)39-16-6-5-13(10-15(16)25)32-22(37)14-11-31-36(20(14)24(26,27)28)18-4-3-8-30-34-18/h3-12H,1-2H3,(H,32,37)(H,29,33,38). The first-order valence-corrected chi connectivity index (χ1v) is 11.4. The fourth-order valence-electron chi connectivity index (χ4n) is 3.94. The maximum atomic E-state index is 15.0. The van der Waals surface area contributed by atoms with Crippen LogP contribution in [0.3, 0.4) is 0 Å². The van der Waals surface area contributed by atoms with Crippen LogP contribution in [0, 0.1) is 5.82 Å². The van der Waals surface area contributed by atoms with E-state index in [-0.39, 0.29) is 34.7 Å². The van der Waals surface area contributed by atoms with Crippen LogP contribution >= 0.6 is 0 Å². The molecular weight excluding hydrogens is 524 g/mol. The van der Waals surface area contributed by atoms with E-state index in [1.165, 1.54) is 47.3 Å². The Morgan fingerprint density at radius 1 is 1.13 bits per heavy atom. The first kappa shape index (κ1) is 25.6. The molecule has 200 valence electrons. The minimum absolute atomic E-state index is 0.133. The van der Waals surface area contributed by atoms with Crippen LogP contribution in [0.25, 0.3) is 17.0 Å². The van der Waals surface area contributed by atoms with E-state index >= 15 is 0 Å². The molecule has 39 heavy (non-hydrogen) atoms. The molecule has 1 aromatic carbocycles. The number of imidazole rings is 1. The highest BCUT2D eigenvalue weighted by molar-refractivity contribution is 6.05. The van der Waals surface area contributed by atoms with Gasteiger partial charge >= 0.3 is 11.9 Å². The number of nitrogens with one attached hydrogen (secondary N) is 2. The predicted molar refractivity (Wildman–Crippen MR) is 129 cm³/mol. The largest absolute Gasteiger partial charge is 0.452 e. The lowest BCUT2D eigenvalue weighted by Gasteiger charge is -2.13. The Balaban J connectivity index is 1.43. The van der Waals surface area contributed by atoms with Crippen LogP contribution in [-0.2, 0) is 6.18 Å². The summed E-state index contributed by atoms with van der Waals surface area (Å²) < 4.78 is 64.1. The maximum absolute atomic E-state index is 15.0. The second kappa shape index (κ2) is 9.66. The molecular formula is C24H18F4N8O3. The minimum Gasteiger partial charge on any atom is -0.452 e. The summed E-state index contributed by atoms with van der Waals surface area (Å²) >= 11 is 0. The van der Waals surface area contributed by atoms with Gasteiger partial charge in [-0.1, -0.05) is 0 Å². The van der Waals surface area contributed by atoms with Gasteiger partial charge in [-0.05, 0) is 38.1 Å². The van der Waals surface area contributed by atoms with Crippen molar-refractivity contribution < 1.29 is 27.1 Å². The molecule has 0 atom stereocenters. The smallest absolute Gasteiger partial charge is 0.434 e. The van der Waals surface area contributed by atoms with Crippen molar-refractivity contribution in [2.75, 3.05) is 5.32 Å². The van der Waals surface area contributed by atoms with Gasteiger partial charge in [0.2, 0.25) is 0 Å². The summed E-state index contributed by atoms with van der Waals surface area (Å²) in [4.78, 5) is 31.8. The van der Waals surface area contributed by atoms with E-state index in [1.807, 2.05) is 0 Å². The van der Waals surface area contributed by atoms with Crippen molar-refractivity contribution in [3.8, 4) is 17.3 Å². The Labute approximate surface area is 216 Å². The highest BCUT2D eigenvalue weighted by Gasteiger charge is 2.41. The summed E-state index contributed by atoms with van der Waals surface area (Å²) in [5.74, 6) is -2.44. The maximum Gasteiger partial charge on any atom is 0.434 e. The SMILES string of the molecule is CC(C)n1c(=O)[nH]c2nccc(Oc3ccc(NC(=O)c4cnn(-c5cccnn5)c4C(F)(F)F)cc3F)c21. The molecule has 4 heterocycles. The predicted octanol–water partition coefficient (Wildman–Crippen LogP) is 4.48. The van der Waals surface area contributed by atoms with Crippen LogP contribution in [0.5, 0.6) is 11.5 Å². The van der Waals surface area contributed by atoms with Crippen molar-refractivity contribution in [2.45, 2.75) is 26.1 Å². The average molecular weight is 542 g/mol. The minimum atomic E-state index is -4.96. The second-order valence-corrected chi connectivity index (χ2v) is 8.50. The molecule has 4 aromatic heterocycles. The number of fused-ring (bicyclic) bond motifs is 1. The summed E-state index contributed by atoms with van der Waals surface area (Å²) in [5.41, 5.74) is -2.14. The number of alkyl halides is 3. The molecule has 0 saturated carbocycles. The lowest BCUT2D eigenvalue weighted by atomic mass is 10.2. The molecule has 0 fully saturated rings. The number of carbonyl (C=O) groups excluding carboxylic acids is 1. The number of anilines is 1. The number of amides is 1. The zero-order chi connectivity index (χ0) is 27.9. The molecule has 0 saturated heterocycles. The van der Waals surface area contributed by atoms with Gasteiger partial charge in [0.15, 0.2) is 34.5 Å². The lowest BCUT2D eigenvalue weighted by Crippen LogP contribution is -2.21. The van der Waals surface area contributed by atoms with Crippen LogP contribution in [-0.4, -0.2) is 40.4 Å². The number of pyridine rings is 1. The lowest BCUT2D eigenvalue weighted by molar-refractivity contribution is -0.143.